The van der Waals surface area contributed by atoms with Crippen LogP contribution in [0, 0.1) is 0 Å². The predicted octanol–water partition coefficient (Wildman–Crippen LogP) is 2.90. The van der Waals surface area contributed by atoms with Crippen LogP contribution in [0.25, 0.3) is 22.2 Å². The van der Waals surface area contributed by atoms with E-state index in [-0.39, 0.29) is 0 Å². The molecule has 5 nitrogen and oxygen atoms in total. The van der Waals surface area contributed by atoms with E-state index in [0.29, 0.717) is 23.0 Å². The summed E-state index contributed by atoms with van der Waals surface area (Å²) in [7, 11) is 3.20. The smallest absolute Gasteiger partial charge is 0.170 e. The molecule has 0 amide bonds. The third-order valence-electron chi connectivity index (χ3n) is 3.31. The van der Waals surface area contributed by atoms with Gasteiger partial charge in [-0.15, -0.1) is 0 Å². The van der Waals surface area contributed by atoms with E-state index in [1.165, 1.54) is 0 Å². The van der Waals surface area contributed by atoms with Gasteiger partial charge in [0.25, 0.3) is 0 Å². The van der Waals surface area contributed by atoms with Crippen LogP contribution in [0.4, 0.5) is 5.82 Å². The molecule has 2 N–H and O–H groups in total. The number of nitrogen functional groups attached to an aromatic ring is 1. The van der Waals surface area contributed by atoms with Crippen molar-refractivity contribution in [3.63, 3.8) is 0 Å². The number of benzene rings is 1. The summed E-state index contributed by atoms with van der Waals surface area (Å²) in [5, 5.41) is 0.836. The van der Waals surface area contributed by atoms with Crippen molar-refractivity contribution in [2.45, 2.75) is 0 Å². The second-order valence-electron chi connectivity index (χ2n) is 4.50. The van der Waals surface area contributed by atoms with Crippen LogP contribution < -0.4 is 15.2 Å². The highest BCUT2D eigenvalue weighted by Gasteiger charge is 2.14. The summed E-state index contributed by atoms with van der Waals surface area (Å²) in [4.78, 5) is 8.79. The molecule has 0 saturated heterocycles. The maximum atomic E-state index is 6.03. The molecule has 0 unspecified atom stereocenters. The number of ether oxygens (including phenoxy) is 2. The number of hydrogen-bond acceptors (Lipinski definition) is 5. The maximum Gasteiger partial charge on any atom is 0.170 e. The molecule has 2 aromatic heterocycles. The van der Waals surface area contributed by atoms with Crippen LogP contribution in [0.2, 0.25) is 0 Å². The van der Waals surface area contributed by atoms with E-state index in [1.807, 2.05) is 36.4 Å². The molecule has 21 heavy (non-hydrogen) atoms. The maximum absolute atomic E-state index is 6.03. The Balaban J connectivity index is 2.26. The highest BCUT2D eigenvalue weighted by Crippen LogP contribution is 2.38. The largest absolute Gasteiger partial charge is 0.493 e. The number of rotatable bonds is 3. The van der Waals surface area contributed by atoms with Crippen molar-refractivity contribution < 1.29 is 9.47 Å². The predicted molar refractivity (Wildman–Crippen MR) is 82.5 cm³/mol. The van der Waals surface area contributed by atoms with Crippen LogP contribution in [0.3, 0.4) is 0 Å². The van der Waals surface area contributed by atoms with Gasteiger partial charge < -0.3 is 15.2 Å². The Morgan fingerprint density at radius 1 is 1.05 bits per heavy atom. The Kier molecular flexibility index (Phi) is 3.31. The van der Waals surface area contributed by atoms with Crippen molar-refractivity contribution in [1.82, 2.24) is 9.97 Å². The highest BCUT2D eigenvalue weighted by molar-refractivity contribution is 5.91. The lowest BCUT2D eigenvalue weighted by atomic mass is 10.1. The second-order valence-corrected chi connectivity index (χ2v) is 4.50. The molecule has 3 aromatic rings. The quantitative estimate of drug-likeness (QED) is 0.799. The lowest BCUT2D eigenvalue weighted by molar-refractivity contribution is 0.356. The molecule has 106 valence electrons. The molecule has 0 aliphatic rings. The Hall–Kier alpha value is -2.82. The average molecular weight is 281 g/mol. The van der Waals surface area contributed by atoms with E-state index in [0.717, 1.165) is 16.5 Å². The van der Waals surface area contributed by atoms with Crippen molar-refractivity contribution in [2.24, 2.45) is 0 Å². The Morgan fingerprint density at radius 3 is 2.67 bits per heavy atom. The zero-order valence-electron chi connectivity index (χ0n) is 11.8. The summed E-state index contributed by atoms with van der Waals surface area (Å²) in [5.74, 6) is 1.72. The number of anilines is 1. The van der Waals surface area contributed by atoms with Crippen molar-refractivity contribution in [1.29, 1.82) is 0 Å². The molecule has 3 rings (SSSR count). The number of hydrogen-bond donors (Lipinski definition) is 1. The fourth-order valence-corrected chi connectivity index (χ4v) is 2.33. The number of nitrogens with two attached hydrogens (primary N) is 1. The van der Waals surface area contributed by atoms with E-state index >= 15 is 0 Å². The van der Waals surface area contributed by atoms with Gasteiger partial charge >= 0.3 is 0 Å². The summed E-state index contributed by atoms with van der Waals surface area (Å²) in [6.45, 7) is 0. The first kappa shape index (κ1) is 13.2. The van der Waals surface area contributed by atoms with Gasteiger partial charge in [0, 0.05) is 17.1 Å². The first-order valence-electron chi connectivity index (χ1n) is 6.47. The normalized spacial score (nSPS) is 10.6. The Morgan fingerprint density at radius 2 is 1.90 bits per heavy atom. The zero-order valence-corrected chi connectivity index (χ0v) is 11.8. The molecule has 0 spiro atoms. The standard InChI is InChI=1S/C16H15N3O2/c1-20-14-7-3-5-10(15(14)21-2)13-9-12-11(16(17)19-13)6-4-8-18-12/h3-9H,1-2H3,(H2,17,19). The van der Waals surface area contributed by atoms with Crippen molar-refractivity contribution in [3.05, 3.63) is 42.6 Å². The molecule has 0 saturated carbocycles. The van der Waals surface area contributed by atoms with Crippen molar-refractivity contribution in [3.8, 4) is 22.8 Å². The van der Waals surface area contributed by atoms with Crippen LogP contribution >= 0.6 is 0 Å². The summed E-state index contributed by atoms with van der Waals surface area (Å²) in [6.07, 6.45) is 1.73. The van der Waals surface area contributed by atoms with Gasteiger partial charge in [0.1, 0.15) is 5.82 Å². The minimum absolute atomic E-state index is 0.445. The third-order valence-corrected chi connectivity index (χ3v) is 3.31. The number of pyridine rings is 2. The SMILES string of the molecule is COc1cccc(-c2cc3ncccc3c(N)n2)c1OC. The zero-order chi connectivity index (χ0) is 14.8. The summed E-state index contributed by atoms with van der Waals surface area (Å²) in [5.41, 5.74) is 8.35. The number of para-hydroxylation sites is 1. The minimum atomic E-state index is 0.445. The van der Waals surface area contributed by atoms with Crippen LogP contribution in [0.5, 0.6) is 11.5 Å². The molecular weight excluding hydrogens is 266 g/mol. The van der Waals surface area contributed by atoms with Crippen LogP contribution in [-0.2, 0) is 0 Å². The number of fused-ring (bicyclic) bond motifs is 1. The fraction of sp³-hybridized carbons (Fsp3) is 0.125. The molecule has 0 aliphatic carbocycles. The molecule has 0 aliphatic heterocycles. The van der Waals surface area contributed by atoms with Gasteiger partial charge in [-0.3, -0.25) is 4.98 Å². The van der Waals surface area contributed by atoms with Crippen molar-refractivity contribution in [2.75, 3.05) is 20.0 Å². The highest BCUT2D eigenvalue weighted by atomic mass is 16.5. The van der Waals surface area contributed by atoms with Gasteiger partial charge in [0.2, 0.25) is 0 Å². The monoisotopic (exact) mass is 281 g/mol. The first-order chi connectivity index (χ1) is 10.2. The van der Waals surface area contributed by atoms with E-state index in [9.17, 15) is 0 Å². The third kappa shape index (κ3) is 2.23. The van der Waals surface area contributed by atoms with E-state index in [4.69, 9.17) is 15.2 Å². The summed E-state index contributed by atoms with van der Waals surface area (Å²) < 4.78 is 10.8. The second kappa shape index (κ2) is 5.28. The fourth-order valence-electron chi connectivity index (χ4n) is 2.33. The molecule has 0 radical (unpaired) electrons. The van der Waals surface area contributed by atoms with Gasteiger partial charge in [-0.2, -0.15) is 0 Å². The van der Waals surface area contributed by atoms with Crippen LogP contribution in [-0.4, -0.2) is 24.2 Å². The van der Waals surface area contributed by atoms with Crippen LogP contribution in [0.1, 0.15) is 0 Å². The number of nitrogens with zero attached hydrogens (tertiary/aromatic N) is 2. The van der Waals surface area contributed by atoms with Gasteiger partial charge in [0.15, 0.2) is 11.5 Å². The molecule has 0 atom stereocenters. The lowest BCUT2D eigenvalue weighted by Gasteiger charge is -2.13. The number of aromatic nitrogens is 2. The minimum Gasteiger partial charge on any atom is -0.493 e. The van der Waals surface area contributed by atoms with Crippen molar-refractivity contribution >= 4 is 16.7 Å². The molecular formula is C16H15N3O2. The van der Waals surface area contributed by atoms with Crippen LogP contribution in [0.15, 0.2) is 42.6 Å². The van der Waals surface area contributed by atoms with Gasteiger partial charge in [-0.25, -0.2) is 4.98 Å². The summed E-state index contributed by atoms with van der Waals surface area (Å²) in [6, 6.07) is 11.3. The lowest BCUT2D eigenvalue weighted by Crippen LogP contribution is -1.98. The molecule has 1 aromatic carbocycles. The molecule has 0 fully saturated rings. The van der Waals surface area contributed by atoms with E-state index < -0.39 is 0 Å². The van der Waals surface area contributed by atoms with Gasteiger partial charge in [0.05, 0.1) is 25.4 Å². The summed E-state index contributed by atoms with van der Waals surface area (Å²) >= 11 is 0. The molecule has 0 bridgehead atoms. The topological polar surface area (TPSA) is 70.3 Å². The molecule has 5 heteroatoms. The van der Waals surface area contributed by atoms with E-state index in [1.54, 1.807) is 20.4 Å². The van der Waals surface area contributed by atoms with Gasteiger partial charge in [-0.1, -0.05) is 6.07 Å². The number of methoxy groups -OCH3 is 2. The average Bonchev–Trinajstić information content (AvgIpc) is 2.54. The first-order valence-corrected chi connectivity index (χ1v) is 6.47. The Bertz CT molecular complexity index is 803. The van der Waals surface area contributed by atoms with E-state index in [2.05, 4.69) is 9.97 Å². The Labute approximate surface area is 122 Å². The van der Waals surface area contributed by atoms with Gasteiger partial charge in [-0.05, 0) is 30.3 Å². The molecule has 2 heterocycles.